The van der Waals surface area contributed by atoms with E-state index in [0.29, 0.717) is 52.9 Å². The number of carbonyl (C=O) groups excluding carboxylic acids is 1. The number of nitrogens with zero attached hydrogens (tertiary/aromatic N) is 3. The van der Waals surface area contributed by atoms with Crippen molar-refractivity contribution in [3.63, 3.8) is 0 Å². The number of ether oxygens (including phenoxy) is 1. The summed E-state index contributed by atoms with van der Waals surface area (Å²) >= 11 is 6.05. The van der Waals surface area contributed by atoms with Gasteiger partial charge in [0.1, 0.15) is 18.8 Å². The Labute approximate surface area is 161 Å². The SMILES string of the molecule is C#CC(=O)N1CCOc2c1ccc1ncnc(NCc3cccc(Cl)c3)c21. The number of fused-ring (bicyclic) bond motifs is 3. The number of terminal acetylenes is 1. The topological polar surface area (TPSA) is 67.4 Å². The van der Waals surface area contributed by atoms with Crippen LogP contribution in [0, 0.1) is 12.3 Å². The Kier molecular flexibility index (Phi) is 4.53. The maximum absolute atomic E-state index is 12.1. The van der Waals surface area contributed by atoms with E-state index in [2.05, 4.69) is 21.2 Å². The molecule has 27 heavy (non-hydrogen) atoms. The molecule has 134 valence electrons. The van der Waals surface area contributed by atoms with Crippen molar-refractivity contribution in [1.29, 1.82) is 0 Å². The molecule has 0 saturated carbocycles. The van der Waals surface area contributed by atoms with E-state index < -0.39 is 5.91 Å². The summed E-state index contributed by atoms with van der Waals surface area (Å²) in [6.07, 6.45) is 6.79. The van der Waals surface area contributed by atoms with Crippen LogP contribution < -0.4 is 15.0 Å². The molecular weight excluding hydrogens is 364 g/mol. The van der Waals surface area contributed by atoms with E-state index in [0.717, 1.165) is 5.56 Å². The lowest BCUT2D eigenvalue weighted by Gasteiger charge is -2.29. The van der Waals surface area contributed by atoms with E-state index in [-0.39, 0.29) is 0 Å². The number of amides is 1. The molecule has 0 bridgehead atoms. The summed E-state index contributed by atoms with van der Waals surface area (Å²) in [5.74, 6) is 2.93. The van der Waals surface area contributed by atoms with Crippen molar-refractivity contribution in [3.8, 4) is 18.1 Å². The second-order valence-corrected chi connectivity index (χ2v) is 6.40. The zero-order chi connectivity index (χ0) is 18.8. The number of rotatable bonds is 3. The molecule has 1 N–H and O–H groups in total. The summed E-state index contributed by atoms with van der Waals surface area (Å²) in [5.41, 5.74) is 2.36. The molecule has 0 radical (unpaired) electrons. The van der Waals surface area contributed by atoms with Gasteiger partial charge in [-0.2, -0.15) is 0 Å². The average Bonchev–Trinajstić information content (AvgIpc) is 2.71. The van der Waals surface area contributed by atoms with Crippen LogP contribution in [0.25, 0.3) is 10.9 Å². The fourth-order valence-electron chi connectivity index (χ4n) is 3.08. The summed E-state index contributed by atoms with van der Waals surface area (Å²) in [6.45, 7) is 1.28. The number of benzene rings is 2. The maximum atomic E-state index is 12.1. The second-order valence-electron chi connectivity index (χ2n) is 5.96. The monoisotopic (exact) mass is 378 g/mol. The fourth-order valence-corrected chi connectivity index (χ4v) is 3.30. The summed E-state index contributed by atoms with van der Waals surface area (Å²) in [5, 5.41) is 4.69. The molecule has 2 heterocycles. The van der Waals surface area contributed by atoms with Crippen molar-refractivity contribution in [2.75, 3.05) is 23.4 Å². The van der Waals surface area contributed by atoms with Crippen molar-refractivity contribution in [1.82, 2.24) is 9.97 Å². The van der Waals surface area contributed by atoms with Crippen molar-refractivity contribution in [2.45, 2.75) is 6.54 Å². The van der Waals surface area contributed by atoms with Crippen LogP contribution in [0.2, 0.25) is 5.02 Å². The van der Waals surface area contributed by atoms with Gasteiger partial charge < -0.3 is 10.1 Å². The molecule has 1 aliphatic rings. The maximum Gasteiger partial charge on any atom is 0.302 e. The molecule has 6 nitrogen and oxygen atoms in total. The van der Waals surface area contributed by atoms with Crippen molar-refractivity contribution >= 4 is 39.9 Å². The Morgan fingerprint density at radius 3 is 3.04 bits per heavy atom. The van der Waals surface area contributed by atoms with Gasteiger partial charge in [0.05, 0.1) is 23.1 Å². The second kappa shape index (κ2) is 7.14. The van der Waals surface area contributed by atoms with Gasteiger partial charge in [-0.15, -0.1) is 6.42 Å². The summed E-state index contributed by atoms with van der Waals surface area (Å²) < 4.78 is 5.87. The Morgan fingerprint density at radius 1 is 1.33 bits per heavy atom. The van der Waals surface area contributed by atoms with E-state index in [4.69, 9.17) is 22.8 Å². The van der Waals surface area contributed by atoms with Crippen LogP contribution in [0.1, 0.15) is 5.56 Å². The zero-order valence-corrected chi connectivity index (χ0v) is 15.0. The van der Waals surface area contributed by atoms with Crippen molar-refractivity contribution in [2.24, 2.45) is 0 Å². The molecule has 1 amide bonds. The fraction of sp³-hybridized carbons (Fsp3) is 0.150. The molecule has 3 aromatic rings. The smallest absolute Gasteiger partial charge is 0.302 e. The van der Waals surface area contributed by atoms with Crippen LogP contribution in [-0.2, 0) is 11.3 Å². The minimum Gasteiger partial charge on any atom is -0.489 e. The number of aromatic nitrogens is 2. The van der Waals surface area contributed by atoms with Crippen LogP contribution in [0.5, 0.6) is 5.75 Å². The number of carbonyl (C=O) groups is 1. The first kappa shape index (κ1) is 17.1. The highest BCUT2D eigenvalue weighted by molar-refractivity contribution is 6.30. The van der Waals surface area contributed by atoms with Crippen LogP contribution in [0.3, 0.4) is 0 Å². The molecule has 0 fully saturated rings. The Morgan fingerprint density at radius 2 is 2.22 bits per heavy atom. The normalized spacial score (nSPS) is 12.8. The summed E-state index contributed by atoms with van der Waals surface area (Å²) in [6, 6.07) is 11.2. The van der Waals surface area contributed by atoms with Crippen LogP contribution in [0.15, 0.2) is 42.7 Å². The summed E-state index contributed by atoms with van der Waals surface area (Å²) in [4.78, 5) is 22.3. The minimum atomic E-state index is -0.399. The zero-order valence-electron chi connectivity index (χ0n) is 14.3. The molecule has 4 rings (SSSR count). The number of halogens is 1. The van der Waals surface area contributed by atoms with Crippen LogP contribution in [0.4, 0.5) is 11.5 Å². The van der Waals surface area contributed by atoms with Gasteiger partial charge in [0.25, 0.3) is 0 Å². The highest BCUT2D eigenvalue weighted by Crippen LogP contribution is 2.40. The van der Waals surface area contributed by atoms with E-state index >= 15 is 0 Å². The molecule has 0 unspecified atom stereocenters. The third kappa shape index (κ3) is 3.25. The van der Waals surface area contributed by atoms with Gasteiger partial charge in [-0.1, -0.05) is 23.7 Å². The minimum absolute atomic E-state index is 0.349. The van der Waals surface area contributed by atoms with Gasteiger partial charge >= 0.3 is 5.91 Å². The van der Waals surface area contributed by atoms with E-state index in [1.54, 1.807) is 6.07 Å². The molecule has 1 aromatic heterocycles. The van der Waals surface area contributed by atoms with E-state index in [9.17, 15) is 4.79 Å². The molecular formula is C20H15ClN4O2. The molecule has 0 aliphatic carbocycles. The standard InChI is InChI=1S/C20H15ClN4O2/c1-2-17(26)25-8-9-27-19-16(25)7-6-15-18(19)20(24-12-23-15)22-11-13-4-3-5-14(21)10-13/h1,3-7,10,12H,8-9,11H2,(H,22,23,24). The third-order valence-corrected chi connectivity index (χ3v) is 4.54. The van der Waals surface area contributed by atoms with E-state index in [1.807, 2.05) is 30.3 Å². The van der Waals surface area contributed by atoms with Gasteiger partial charge in [0, 0.05) is 11.6 Å². The highest BCUT2D eigenvalue weighted by atomic mass is 35.5. The molecule has 0 spiro atoms. The first-order chi connectivity index (χ1) is 13.2. The highest BCUT2D eigenvalue weighted by Gasteiger charge is 2.26. The predicted octanol–water partition coefficient (Wildman–Crippen LogP) is 3.25. The Balaban J connectivity index is 1.76. The number of hydrogen-bond acceptors (Lipinski definition) is 5. The van der Waals surface area contributed by atoms with Crippen molar-refractivity contribution in [3.05, 3.63) is 53.3 Å². The Hall–Kier alpha value is -3.30. The van der Waals surface area contributed by atoms with Gasteiger partial charge in [-0.25, -0.2) is 9.97 Å². The van der Waals surface area contributed by atoms with Gasteiger partial charge in [-0.3, -0.25) is 9.69 Å². The molecule has 0 atom stereocenters. The van der Waals surface area contributed by atoms with Gasteiger partial charge in [-0.05, 0) is 35.7 Å². The number of nitrogens with one attached hydrogen (secondary N) is 1. The van der Waals surface area contributed by atoms with E-state index in [1.165, 1.54) is 11.2 Å². The lowest BCUT2D eigenvalue weighted by molar-refractivity contribution is -0.113. The number of hydrogen-bond donors (Lipinski definition) is 1. The summed E-state index contributed by atoms with van der Waals surface area (Å²) in [7, 11) is 0. The lowest BCUT2D eigenvalue weighted by atomic mass is 10.1. The van der Waals surface area contributed by atoms with Gasteiger partial charge in [0.15, 0.2) is 5.75 Å². The first-order valence-electron chi connectivity index (χ1n) is 8.34. The lowest BCUT2D eigenvalue weighted by Crippen LogP contribution is -2.37. The predicted molar refractivity (Wildman–Crippen MR) is 105 cm³/mol. The van der Waals surface area contributed by atoms with Crippen LogP contribution >= 0.6 is 11.6 Å². The molecule has 1 aliphatic heterocycles. The first-order valence-corrected chi connectivity index (χ1v) is 8.72. The molecule has 0 saturated heterocycles. The van der Waals surface area contributed by atoms with Gasteiger partial charge in [0.2, 0.25) is 0 Å². The average molecular weight is 379 g/mol. The largest absolute Gasteiger partial charge is 0.489 e. The number of anilines is 2. The Bertz CT molecular complexity index is 1080. The van der Waals surface area contributed by atoms with Crippen LogP contribution in [-0.4, -0.2) is 29.0 Å². The quantitative estimate of drug-likeness (QED) is 0.708. The third-order valence-electron chi connectivity index (χ3n) is 4.31. The molecule has 7 heteroatoms. The molecule has 2 aromatic carbocycles. The van der Waals surface area contributed by atoms with Crippen molar-refractivity contribution < 1.29 is 9.53 Å².